The van der Waals surface area contributed by atoms with E-state index in [1.807, 2.05) is 0 Å². The Balaban J connectivity index is 1.92. The van der Waals surface area contributed by atoms with Crippen molar-refractivity contribution in [1.29, 1.82) is 0 Å². The van der Waals surface area contributed by atoms with Crippen molar-refractivity contribution in [2.24, 2.45) is 0 Å². The number of hydrogen-bond donors (Lipinski definition) is 1. The minimum Gasteiger partial charge on any atom is -0.484 e. The number of esters is 1. The molecule has 0 radical (unpaired) electrons. The van der Waals surface area contributed by atoms with Gasteiger partial charge in [0.2, 0.25) is 0 Å². The molecule has 0 spiro atoms. The van der Waals surface area contributed by atoms with E-state index in [0.717, 1.165) is 11.3 Å². The Hall–Kier alpha value is -2.48. The number of rotatable bonds is 5. The highest BCUT2D eigenvalue weighted by Gasteiger charge is 2.17. The van der Waals surface area contributed by atoms with Gasteiger partial charge in [-0.1, -0.05) is 11.3 Å². The highest BCUT2D eigenvalue weighted by Crippen LogP contribution is 2.23. The number of nitrogens with one attached hydrogen (secondary N) is 1. The van der Waals surface area contributed by atoms with E-state index < -0.39 is 11.9 Å². The fourth-order valence-electron chi connectivity index (χ4n) is 1.57. The van der Waals surface area contributed by atoms with Crippen molar-refractivity contribution in [2.45, 2.75) is 6.92 Å². The molecule has 6 nitrogen and oxygen atoms in total. The molecular weight excluding hydrogens is 311 g/mol. The fraction of sp³-hybridized carbons (Fsp3) is 0.214. The van der Waals surface area contributed by atoms with Crippen LogP contribution >= 0.6 is 11.3 Å². The van der Waals surface area contributed by atoms with E-state index in [1.165, 1.54) is 31.4 Å². The molecule has 22 heavy (non-hydrogen) atoms. The van der Waals surface area contributed by atoms with E-state index in [2.05, 4.69) is 15.0 Å². The number of anilines is 1. The minimum absolute atomic E-state index is 0.252. The maximum absolute atomic E-state index is 12.7. The van der Waals surface area contributed by atoms with Gasteiger partial charge in [-0.2, -0.15) is 0 Å². The molecule has 1 amide bonds. The topological polar surface area (TPSA) is 77.5 Å². The zero-order chi connectivity index (χ0) is 16.1. The predicted octanol–water partition coefficient (Wildman–Crippen LogP) is 2.39. The van der Waals surface area contributed by atoms with Gasteiger partial charge in [0.25, 0.3) is 5.91 Å². The SMILES string of the molecule is COC(=O)c1sc(NC(=O)COc2ccc(F)cc2)nc1C. The monoisotopic (exact) mass is 324 g/mol. The number of benzene rings is 1. The summed E-state index contributed by atoms with van der Waals surface area (Å²) in [5, 5.41) is 2.81. The lowest BCUT2D eigenvalue weighted by atomic mass is 10.3. The van der Waals surface area contributed by atoms with Gasteiger partial charge >= 0.3 is 5.97 Å². The first-order valence-corrected chi connectivity index (χ1v) is 7.05. The van der Waals surface area contributed by atoms with Crippen molar-refractivity contribution in [2.75, 3.05) is 19.0 Å². The lowest BCUT2D eigenvalue weighted by molar-refractivity contribution is -0.118. The van der Waals surface area contributed by atoms with Gasteiger partial charge in [-0.15, -0.1) is 0 Å². The van der Waals surface area contributed by atoms with E-state index in [4.69, 9.17) is 4.74 Å². The molecule has 1 aromatic carbocycles. The molecule has 0 bridgehead atoms. The molecule has 1 aromatic heterocycles. The number of carbonyl (C=O) groups is 2. The summed E-state index contributed by atoms with van der Waals surface area (Å²) < 4.78 is 22.5. The predicted molar refractivity (Wildman–Crippen MR) is 78.7 cm³/mol. The van der Waals surface area contributed by atoms with Crippen LogP contribution in [0.2, 0.25) is 0 Å². The summed E-state index contributed by atoms with van der Waals surface area (Å²) >= 11 is 1.02. The minimum atomic E-state index is -0.502. The largest absolute Gasteiger partial charge is 0.484 e. The molecule has 0 saturated heterocycles. The van der Waals surface area contributed by atoms with Gasteiger partial charge in [0, 0.05) is 0 Å². The number of nitrogens with zero attached hydrogens (tertiary/aromatic N) is 1. The summed E-state index contributed by atoms with van der Waals surface area (Å²) in [6.07, 6.45) is 0. The molecule has 1 N–H and O–H groups in total. The Morgan fingerprint density at radius 1 is 1.32 bits per heavy atom. The van der Waals surface area contributed by atoms with Crippen LogP contribution in [0.4, 0.5) is 9.52 Å². The Morgan fingerprint density at radius 3 is 2.64 bits per heavy atom. The van der Waals surface area contributed by atoms with Crippen molar-refractivity contribution in [3.8, 4) is 5.75 Å². The second kappa shape index (κ2) is 6.99. The molecule has 0 aliphatic heterocycles. The van der Waals surface area contributed by atoms with Crippen LogP contribution in [0.3, 0.4) is 0 Å². The van der Waals surface area contributed by atoms with Gasteiger partial charge in [0.05, 0.1) is 12.8 Å². The average molecular weight is 324 g/mol. The molecule has 0 fully saturated rings. The molecule has 0 aliphatic carbocycles. The standard InChI is InChI=1S/C14H13FN2O4S/c1-8-12(13(19)20-2)22-14(16-8)17-11(18)7-21-10-5-3-9(15)4-6-10/h3-6H,7H2,1-2H3,(H,16,17,18). The van der Waals surface area contributed by atoms with E-state index in [-0.39, 0.29) is 17.6 Å². The summed E-state index contributed by atoms with van der Waals surface area (Å²) in [5.74, 6) is -0.944. The van der Waals surface area contributed by atoms with Crippen molar-refractivity contribution < 1.29 is 23.5 Å². The number of ether oxygens (including phenoxy) is 2. The number of halogens is 1. The number of hydrogen-bond acceptors (Lipinski definition) is 6. The van der Waals surface area contributed by atoms with Gasteiger partial charge in [-0.05, 0) is 31.2 Å². The summed E-state index contributed by atoms with van der Waals surface area (Å²) in [4.78, 5) is 27.6. The highest BCUT2D eigenvalue weighted by molar-refractivity contribution is 7.17. The zero-order valence-electron chi connectivity index (χ0n) is 11.9. The lowest BCUT2D eigenvalue weighted by Gasteiger charge is -2.05. The van der Waals surface area contributed by atoms with Crippen LogP contribution in [0, 0.1) is 12.7 Å². The van der Waals surface area contributed by atoms with Crippen LogP contribution in [0.1, 0.15) is 15.4 Å². The highest BCUT2D eigenvalue weighted by atomic mass is 32.1. The second-order valence-electron chi connectivity index (χ2n) is 4.22. The normalized spacial score (nSPS) is 10.1. The Labute approximate surface area is 129 Å². The molecule has 0 unspecified atom stereocenters. The maximum atomic E-state index is 12.7. The van der Waals surface area contributed by atoms with E-state index in [9.17, 15) is 14.0 Å². The number of methoxy groups -OCH3 is 1. The lowest BCUT2D eigenvalue weighted by Crippen LogP contribution is -2.20. The van der Waals surface area contributed by atoms with Crippen molar-refractivity contribution in [3.05, 3.63) is 40.7 Å². The Bertz CT molecular complexity index is 685. The molecule has 1 heterocycles. The zero-order valence-corrected chi connectivity index (χ0v) is 12.7. The summed E-state index contributed by atoms with van der Waals surface area (Å²) in [6, 6.07) is 5.32. The second-order valence-corrected chi connectivity index (χ2v) is 5.21. The average Bonchev–Trinajstić information content (AvgIpc) is 2.86. The van der Waals surface area contributed by atoms with Gasteiger partial charge in [0.15, 0.2) is 11.7 Å². The number of aromatic nitrogens is 1. The summed E-state index contributed by atoms with van der Waals surface area (Å²) in [6.45, 7) is 1.39. The van der Waals surface area contributed by atoms with Crippen LogP contribution in [0.15, 0.2) is 24.3 Å². The molecule has 8 heteroatoms. The summed E-state index contributed by atoms with van der Waals surface area (Å²) in [5.41, 5.74) is 0.478. The summed E-state index contributed by atoms with van der Waals surface area (Å²) in [7, 11) is 1.27. The van der Waals surface area contributed by atoms with Gasteiger partial charge in [-0.25, -0.2) is 14.2 Å². The molecule has 2 rings (SSSR count). The maximum Gasteiger partial charge on any atom is 0.350 e. The molecule has 0 aliphatic rings. The molecule has 116 valence electrons. The fourth-order valence-corrected chi connectivity index (χ4v) is 2.47. The van der Waals surface area contributed by atoms with E-state index >= 15 is 0 Å². The van der Waals surface area contributed by atoms with Gasteiger partial charge in [0.1, 0.15) is 16.4 Å². The third-order valence-electron chi connectivity index (χ3n) is 2.60. The molecular formula is C14H13FN2O4S. The van der Waals surface area contributed by atoms with Crippen LogP contribution in [0.5, 0.6) is 5.75 Å². The van der Waals surface area contributed by atoms with Crippen LogP contribution in [-0.2, 0) is 9.53 Å². The number of amides is 1. The first-order chi connectivity index (χ1) is 10.5. The van der Waals surface area contributed by atoms with E-state index in [1.54, 1.807) is 6.92 Å². The first kappa shape index (κ1) is 15.9. The van der Waals surface area contributed by atoms with Crippen LogP contribution < -0.4 is 10.1 Å². The Morgan fingerprint density at radius 2 is 2.00 bits per heavy atom. The van der Waals surface area contributed by atoms with E-state index in [0.29, 0.717) is 16.3 Å². The van der Waals surface area contributed by atoms with Crippen molar-refractivity contribution in [3.63, 3.8) is 0 Å². The Kier molecular flexibility index (Phi) is 5.05. The molecule has 0 saturated carbocycles. The first-order valence-electron chi connectivity index (χ1n) is 6.23. The van der Waals surface area contributed by atoms with Gasteiger partial charge < -0.3 is 9.47 Å². The quantitative estimate of drug-likeness (QED) is 0.855. The van der Waals surface area contributed by atoms with Crippen molar-refractivity contribution >= 4 is 28.3 Å². The number of thiazole rings is 1. The van der Waals surface area contributed by atoms with Crippen molar-refractivity contribution in [1.82, 2.24) is 4.98 Å². The van der Waals surface area contributed by atoms with Crippen LogP contribution in [-0.4, -0.2) is 30.6 Å². The number of carbonyl (C=O) groups excluding carboxylic acids is 2. The van der Waals surface area contributed by atoms with Crippen LogP contribution in [0.25, 0.3) is 0 Å². The molecule has 0 atom stereocenters. The van der Waals surface area contributed by atoms with Gasteiger partial charge in [-0.3, -0.25) is 10.1 Å². The third-order valence-corrected chi connectivity index (χ3v) is 3.65. The third kappa shape index (κ3) is 4.01. The molecule has 2 aromatic rings. The smallest absolute Gasteiger partial charge is 0.350 e. The number of aryl methyl sites for hydroxylation is 1.